The highest BCUT2D eigenvalue weighted by molar-refractivity contribution is 6.67. The van der Waals surface area contributed by atoms with E-state index >= 15 is 0 Å². The smallest absolute Gasteiger partial charge is 0.104 e. The molecule has 3 aromatic rings. The minimum absolute atomic E-state index is 0.0946. The van der Waals surface area contributed by atoms with Gasteiger partial charge in [-0.3, -0.25) is 0 Å². The molecule has 3 aromatic carbocycles. The molecule has 3 rings (SSSR count). The Hall–Kier alpha value is -0.0200. The van der Waals surface area contributed by atoms with E-state index in [4.69, 9.17) is 92.8 Å². The van der Waals surface area contributed by atoms with E-state index in [9.17, 15) is 0 Å². The molecule has 0 fully saturated rings. The molecular weight excluding hydrogens is 536 g/mol. The lowest BCUT2D eigenvalue weighted by Gasteiger charge is -2.19. The van der Waals surface area contributed by atoms with E-state index in [1.807, 2.05) is 48.5 Å². The number of alkyl halides is 5. The summed E-state index contributed by atoms with van der Waals surface area (Å²) in [5.74, 6) is -0.0946. The minimum Gasteiger partial charge on any atom is -0.104 e. The maximum absolute atomic E-state index is 6.09. The first-order chi connectivity index (χ1) is 13.6. The lowest BCUT2D eigenvalue weighted by molar-refractivity contribution is 0.887. The van der Waals surface area contributed by atoms with Crippen molar-refractivity contribution in [3.63, 3.8) is 0 Å². The van der Waals surface area contributed by atoms with Crippen molar-refractivity contribution in [2.45, 2.75) is 14.5 Å². The Morgan fingerprint density at radius 2 is 1.00 bits per heavy atom. The van der Waals surface area contributed by atoms with Gasteiger partial charge in [-0.15, -0.1) is 23.2 Å². The van der Waals surface area contributed by atoms with Crippen LogP contribution in [0.25, 0.3) is 0 Å². The molecule has 0 aliphatic carbocycles. The van der Waals surface area contributed by atoms with E-state index in [0.29, 0.717) is 20.6 Å². The molecule has 0 aliphatic rings. The number of hydrogen-bond acceptors (Lipinski definition) is 0. The molecule has 0 amide bonds. The molecule has 0 bridgehead atoms. The fourth-order valence-electron chi connectivity index (χ4n) is 2.51. The standard InChI is InChI=1S/C14H10Cl4.C7H4Cl4/c15-11-5-1-9(2-6-11)13(14(17)18)10-3-7-12(16)8-4-10;8-6-4-2-1-3-5(6)7(9,10)11/h1-8,13-14H;1-4H. The number of benzene rings is 3. The predicted octanol–water partition coefficient (Wildman–Crippen LogP) is 10.1. The van der Waals surface area contributed by atoms with Crippen LogP contribution in [0.2, 0.25) is 15.1 Å². The summed E-state index contributed by atoms with van der Waals surface area (Å²) < 4.78 is -1.43. The first kappa shape index (κ1) is 25.2. The van der Waals surface area contributed by atoms with Gasteiger partial charge in [0, 0.05) is 26.5 Å². The summed E-state index contributed by atoms with van der Waals surface area (Å²) in [5, 5.41) is 1.84. The second kappa shape index (κ2) is 11.6. The maximum atomic E-state index is 6.09. The van der Waals surface area contributed by atoms with Crippen molar-refractivity contribution >= 4 is 92.8 Å². The molecule has 0 aliphatic heterocycles. The van der Waals surface area contributed by atoms with Crippen LogP contribution >= 0.6 is 92.8 Å². The van der Waals surface area contributed by atoms with E-state index in [-0.39, 0.29) is 5.92 Å². The van der Waals surface area contributed by atoms with Gasteiger partial charge >= 0.3 is 0 Å². The van der Waals surface area contributed by atoms with Gasteiger partial charge in [-0.2, -0.15) is 0 Å². The second-order valence-electron chi connectivity index (χ2n) is 5.89. The van der Waals surface area contributed by atoms with Gasteiger partial charge in [0.25, 0.3) is 0 Å². The molecule has 0 saturated carbocycles. The molecule has 0 nitrogen and oxygen atoms in total. The van der Waals surface area contributed by atoms with Crippen LogP contribution in [0.1, 0.15) is 22.6 Å². The monoisotopic (exact) mass is 546 g/mol. The predicted molar refractivity (Wildman–Crippen MR) is 131 cm³/mol. The Morgan fingerprint density at radius 3 is 1.31 bits per heavy atom. The minimum atomic E-state index is -1.43. The largest absolute Gasteiger partial charge is 0.217 e. The zero-order chi connectivity index (χ0) is 21.6. The summed E-state index contributed by atoms with van der Waals surface area (Å²) in [6.07, 6.45) is 0. The average molecular weight is 550 g/mol. The van der Waals surface area contributed by atoms with Crippen molar-refractivity contribution in [3.05, 3.63) is 105 Å². The third-order valence-electron chi connectivity index (χ3n) is 3.89. The van der Waals surface area contributed by atoms with Crippen LogP contribution in [0, 0.1) is 0 Å². The van der Waals surface area contributed by atoms with Gasteiger partial charge in [-0.1, -0.05) is 112 Å². The molecule has 0 heterocycles. The molecule has 0 saturated heterocycles. The molecule has 8 heteroatoms. The molecule has 0 aromatic heterocycles. The Bertz CT molecular complexity index is 854. The van der Waals surface area contributed by atoms with Gasteiger partial charge in [-0.25, -0.2) is 0 Å². The summed E-state index contributed by atoms with van der Waals surface area (Å²) >= 11 is 46.5. The first-order valence-corrected chi connectivity index (χ1v) is 11.3. The van der Waals surface area contributed by atoms with E-state index in [1.54, 1.807) is 24.3 Å². The number of rotatable bonds is 3. The third kappa shape index (κ3) is 7.87. The van der Waals surface area contributed by atoms with Gasteiger partial charge in [0.2, 0.25) is 3.79 Å². The topological polar surface area (TPSA) is 0 Å². The highest BCUT2D eigenvalue weighted by atomic mass is 35.6. The first-order valence-electron chi connectivity index (χ1n) is 8.20. The van der Waals surface area contributed by atoms with Crippen LogP contribution in [0.15, 0.2) is 72.8 Å². The fourth-order valence-corrected chi connectivity index (χ4v) is 4.27. The van der Waals surface area contributed by atoms with Gasteiger partial charge in [0.1, 0.15) is 4.84 Å². The van der Waals surface area contributed by atoms with Gasteiger partial charge in [-0.05, 0) is 41.5 Å². The summed E-state index contributed by atoms with van der Waals surface area (Å²) in [7, 11) is 0. The lowest BCUT2D eigenvalue weighted by Crippen LogP contribution is -2.08. The molecule has 0 atom stereocenters. The van der Waals surface area contributed by atoms with Crippen LogP contribution < -0.4 is 0 Å². The zero-order valence-electron chi connectivity index (χ0n) is 14.6. The quantitative estimate of drug-likeness (QED) is 0.285. The third-order valence-corrected chi connectivity index (χ3v) is 5.84. The molecule has 0 unspecified atom stereocenters. The Labute approximate surface area is 210 Å². The molecule has 0 N–H and O–H groups in total. The van der Waals surface area contributed by atoms with Crippen LogP contribution in [-0.2, 0) is 3.79 Å². The SMILES string of the molecule is Clc1ccc(C(c2ccc(Cl)cc2)C(Cl)Cl)cc1.Clc1ccccc1C(Cl)(Cl)Cl. The van der Waals surface area contributed by atoms with E-state index in [0.717, 1.165) is 11.1 Å². The van der Waals surface area contributed by atoms with Crippen molar-refractivity contribution in [3.8, 4) is 0 Å². The second-order valence-corrected chi connectivity index (χ2v) is 10.6. The van der Waals surface area contributed by atoms with E-state index < -0.39 is 8.63 Å². The van der Waals surface area contributed by atoms with Crippen LogP contribution in [0.5, 0.6) is 0 Å². The lowest BCUT2D eigenvalue weighted by atomic mass is 9.93. The van der Waals surface area contributed by atoms with Crippen molar-refractivity contribution in [2.75, 3.05) is 0 Å². The molecule has 154 valence electrons. The van der Waals surface area contributed by atoms with Crippen molar-refractivity contribution in [1.82, 2.24) is 0 Å². The Kier molecular flexibility index (Phi) is 10.1. The fraction of sp³-hybridized carbons (Fsp3) is 0.143. The van der Waals surface area contributed by atoms with Gasteiger partial charge in [0.15, 0.2) is 0 Å². The van der Waals surface area contributed by atoms with Crippen molar-refractivity contribution < 1.29 is 0 Å². The van der Waals surface area contributed by atoms with E-state index in [2.05, 4.69) is 0 Å². The highest BCUT2D eigenvalue weighted by Crippen LogP contribution is 2.41. The summed E-state index contributed by atoms with van der Waals surface area (Å²) in [6, 6.07) is 21.9. The summed E-state index contributed by atoms with van der Waals surface area (Å²) in [5.41, 5.74) is 2.56. The van der Waals surface area contributed by atoms with Crippen LogP contribution in [-0.4, -0.2) is 4.84 Å². The normalized spacial score (nSPS) is 11.4. The molecule has 0 radical (unpaired) electrons. The maximum Gasteiger partial charge on any atom is 0.217 e. The van der Waals surface area contributed by atoms with E-state index in [1.165, 1.54) is 0 Å². The van der Waals surface area contributed by atoms with Gasteiger partial charge < -0.3 is 0 Å². The zero-order valence-corrected chi connectivity index (χ0v) is 20.7. The van der Waals surface area contributed by atoms with Crippen molar-refractivity contribution in [2.24, 2.45) is 0 Å². The molecular formula is C21H14Cl8. The highest BCUT2D eigenvalue weighted by Gasteiger charge is 2.24. The summed E-state index contributed by atoms with van der Waals surface area (Å²) in [4.78, 5) is -0.535. The van der Waals surface area contributed by atoms with Crippen LogP contribution in [0.4, 0.5) is 0 Å². The molecule has 29 heavy (non-hydrogen) atoms. The van der Waals surface area contributed by atoms with Gasteiger partial charge in [0.05, 0.1) is 0 Å². The Morgan fingerprint density at radius 1 is 0.586 bits per heavy atom. The molecule has 0 spiro atoms. The summed E-state index contributed by atoms with van der Waals surface area (Å²) in [6.45, 7) is 0. The van der Waals surface area contributed by atoms with Crippen LogP contribution in [0.3, 0.4) is 0 Å². The Balaban J connectivity index is 0.000000234. The number of halogens is 8. The van der Waals surface area contributed by atoms with Crippen molar-refractivity contribution in [1.29, 1.82) is 0 Å². The average Bonchev–Trinajstić information content (AvgIpc) is 2.65. The number of hydrogen-bond donors (Lipinski definition) is 0.